The van der Waals surface area contributed by atoms with Gasteiger partial charge in [0.15, 0.2) is 0 Å². The molecule has 2 amide bonds. The van der Waals surface area contributed by atoms with E-state index in [4.69, 9.17) is 4.74 Å². The molecule has 1 atom stereocenters. The highest BCUT2D eigenvalue weighted by Crippen LogP contribution is 2.33. The third-order valence-electron chi connectivity index (χ3n) is 5.09. The highest BCUT2D eigenvalue weighted by molar-refractivity contribution is 5.84. The second kappa shape index (κ2) is 8.35. The topological polar surface area (TPSA) is 87.2 Å². The number of carboxylic acid groups (broad SMARTS) is 1. The lowest BCUT2D eigenvalue weighted by molar-refractivity contribution is -0.148. The van der Waals surface area contributed by atoms with Crippen molar-refractivity contribution in [2.24, 2.45) is 0 Å². The van der Waals surface area contributed by atoms with Crippen LogP contribution < -0.4 is 0 Å². The van der Waals surface area contributed by atoms with Crippen LogP contribution in [0.15, 0.2) is 30.5 Å². The van der Waals surface area contributed by atoms with Gasteiger partial charge in [-0.25, -0.2) is 0 Å². The average Bonchev–Trinajstić information content (AvgIpc) is 2.66. The quantitative estimate of drug-likeness (QED) is 0.855. The van der Waals surface area contributed by atoms with Crippen LogP contribution in [0.5, 0.6) is 0 Å². The van der Waals surface area contributed by atoms with Gasteiger partial charge in [0.1, 0.15) is 6.54 Å². The molecule has 1 N–H and O–H groups in total. The number of rotatable bonds is 5. The Kier molecular flexibility index (Phi) is 5.91. The summed E-state index contributed by atoms with van der Waals surface area (Å²) in [7, 11) is 0. The third kappa shape index (κ3) is 4.36. The molecule has 27 heavy (non-hydrogen) atoms. The molecule has 1 unspecified atom stereocenters. The van der Waals surface area contributed by atoms with Crippen molar-refractivity contribution >= 4 is 23.9 Å². The normalized spacial score (nSPS) is 19.4. The Bertz CT molecular complexity index is 754. The average molecular weight is 372 g/mol. The molecule has 0 spiro atoms. The number of benzene rings is 1. The van der Waals surface area contributed by atoms with E-state index in [-0.39, 0.29) is 30.8 Å². The van der Waals surface area contributed by atoms with Gasteiger partial charge in [-0.2, -0.15) is 0 Å². The maximum atomic E-state index is 13.1. The molecule has 2 aliphatic rings. The number of carbonyl (C=O) groups is 3. The third-order valence-corrected chi connectivity index (χ3v) is 5.09. The zero-order chi connectivity index (χ0) is 19.4. The minimum Gasteiger partial charge on any atom is -0.480 e. The summed E-state index contributed by atoms with van der Waals surface area (Å²) in [4.78, 5) is 39.5. The molecule has 2 aliphatic heterocycles. The van der Waals surface area contributed by atoms with E-state index in [0.29, 0.717) is 26.1 Å². The first-order chi connectivity index (χ1) is 13.0. The lowest BCUT2D eigenvalue weighted by Gasteiger charge is -2.37. The molecule has 7 nitrogen and oxygen atoms in total. The molecule has 0 aliphatic carbocycles. The molecule has 0 saturated carbocycles. The number of nitrogens with zero attached hydrogens (tertiary/aromatic N) is 2. The fraction of sp³-hybridized carbons (Fsp3) is 0.450. The minimum atomic E-state index is -1.04. The van der Waals surface area contributed by atoms with Gasteiger partial charge in [-0.05, 0) is 30.0 Å². The van der Waals surface area contributed by atoms with Crippen LogP contribution in [0.1, 0.15) is 43.4 Å². The first-order valence-electron chi connectivity index (χ1n) is 9.12. The van der Waals surface area contributed by atoms with Crippen molar-refractivity contribution < 1.29 is 24.2 Å². The van der Waals surface area contributed by atoms with Crippen molar-refractivity contribution in [2.45, 2.75) is 38.3 Å². The summed E-state index contributed by atoms with van der Waals surface area (Å²) in [6.45, 7) is 2.16. The van der Waals surface area contributed by atoms with E-state index in [1.54, 1.807) is 11.1 Å². The van der Waals surface area contributed by atoms with Gasteiger partial charge in [-0.1, -0.05) is 24.3 Å². The molecule has 7 heteroatoms. The maximum absolute atomic E-state index is 13.1. The lowest BCUT2D eigenvalue weighted by Crippen LogP contribution is -2.47. The van der Waals surface area contributed by atoms with Crippen molar-refractivity contribution in [1.29, 1.82) is 0 Å². The van der Waals surface area contributed by atoms with Crippen molar-refractivity contribution in [3.05, 3.63) is 41.6 Å². The van der Waals surface area contributed by atoms with Gasteiger partial charge in [0.2, 0.25) is 11.8 Å². The molecule has 144 valence electrons. The van der Waals surface area contributed by atoms with Crippen molar-refractivity contribution in [3.63, 3.8) is 0 Å². The number of fused-ring (bicyclic) bond motifs is 1. The highest BCUT2D eigenvalue weighted by atomic mass is 16.5. The summed E-state index contributed by atoms with van der Waals surface area (Å²) in [5.41, 5.74) is 1.86. The first kappa shape index (κ1) is 19.1. The summed E-state index contributed by atoms with van der Waals surface area (Å²) < 4.78 is 5.33. The Balaban J connectivity index is 1.84. The molecule has 1 aromatic rings. The van der Waals surface area contributed by atoms with Gasteiger partial charge in [0.25, 0.3) is 0 Å². The van der Waals surface area contributed by atoms with Crippen LogP contribution in [0.25, 0.3) is 6.08 Å². The molecule has 0 aromatic heterocycles. The molecule has 3 rings (SSSR count). The second-order valence-electron chi connectivity index (χ2n) is 6.85. The fourth-order valence-corrected chi connectivity index (χ4v) is 3.76. The SMILES string of the molecule is CC(=O)N1C=Cc2ccccc2C1CC(=O)N(CC(=O)O)C1CCOCC1. The molecular weight excluding hydrogens is 348 g/mol. The van der Waals surface area contributed by atoms with E-state index in [2.05, 4.69) is 0 Å². The van der Waals surface area contributed by atoms with Crippen molar-refractivity contribution in [1.82, 2.24) is 9.80 Å². The fourth-order valence-electron chi connectivity index (χ4n) is 3.76. The Labute approximate surface area is 158 Å². The highest BCUT2D eigenvalue weighted by Gasteiger charge is 2.33. The van der Waals surface area contributed by atoms with Crippen LogP contribution in [0.3, 0.4) is 0 Å². The monoisotopic (exact) mass is 372 g/mol. The van der Waals surface area contributed by atoms with Crippen LogP contribution in [0.4, 0.5) is 0 Å². The van der Waals surface area contributed by atoms with E-state index in [1.807, 2.05) is 30.3 Å². The van der Waals surface area contributed by atoms with E-state index < -0.39 is 12.0 Å². The molecule has 1 saturated heterocycles. The number of ether oxygens (including phenoxy) is 1. The van der Waals surface area contributed by atoms with Gasteiger partial charge in [0, 0.05) is 32.4 Å². The molecule has 1 fully saturated rings. The van der Waals surface area contributed by atoms with Crippen LogP contribution in [-0.2, 0) is 19.1 Å². The number of hydrogen-bond acceptors (Lipinski definition) is 4. The summed E-state index contributed by atoms with van der Waals surface area (Å²) in [6.07, 6.45) is 4.84. The largest absolute Gasteiger partial charge is 0.480 e. The van der Waals surface area contributed by atoms with Crippen LogP contribution in [-0.4, -0.2) is 58.5 Å². The van der Waals surface area contributed by atoms with E-state index in [1.165, 1.54) is 11.8 Å². The lowest BCUT2D eigenvalue weighted by atomic mass is 9.93. The predicted octanol–water partition coefficient (Wildman–Crippen LogP) is 2.04. The zero-order valence-corrected chi connectivity index (χ0v) is 15.3. The number of carboxylic acids is 1. The maximum Gasteiger partial charge on any atom is 0.323 e. The number of amides is 2. The molecule has 0 bridgehead atoms. The molecule has 0 radical (unpaired) electrons. The van der Waals surface area contributed by atoms with Gasteiger partial charge < -0.3 is 19.6 Å². The number of carbonyl (C=O) groups excluding carboxylic acids is 2. The van der Waals surface area contributed by atoms with Crippen molar-refractivity contribution in [2.75, 3.05) is 19.8 Å². The predicted molar refractivity (Wildman–Crippen MR) is 98.5 cm³/mol. The van der Waals surface area contributed by atoms with Crippen molar-refractivity contribution in [3.8, 4) is 0 Å². The zero-order valence-electron chi connectivity index (χ0n) is 15.3. The van der Waals surface area contributed by atoms with Crippen LogP contribution in [0, 0.1) is 0 Å². The summed E-state index contributed by atoms with van der Waals surface area (Å²) in [5, 5.41) is 9.27. The number of aliphatic carboxylic acids is 1. The van der Waals surface area contributed by atoms with Crippen LogP contribution in [0.2, 0.25) is 0 Å². The van der Waals surface area contributed by atoms with Gasteiger partial charge in [-0.15, -0.1) is 0 Å². The van der Waals surface area contributed by atoms with E-state index in [0.717, 1.165) is 11.1 Å². The van der Waals surface area contributed by atoms with E-state index in [9.17, 15) is 19.5 Å². The second-order valence-corrected chi connectivity index (χ2v) is 6.85. The van der Waals surface area contributed by atoms with Crippen LogP contribution >= 0.6 is 0 Å². The molecule has 2 heterocycles. The van der Waals surface area contributed by atoms with Gasteiger partial charge in [0.05, 0.1) is 12.5 Å². The molecular formula is C20H24N2O5. The minimum absolute atomic E-state index is 0.0472. The summed E-state index contributed by atoms with van der Waals surface area (Å²) in [5.74, 6) is -1.46. The standard InChI is InChI=1S/C20H24N2O5/c1-14(23)21-9-6-15-4-2-3-5-17(15)18(21)12-19(24)22(13-20(25)26)16-7-10-27-11-8-16/h2-6,9,16,18H,7-8,10-13H2,1H3,(H,25,26). The Morgan fingerprint density at radius 1 is 1.22 bits per heavy atom. The smallest absolute Gasteiger partial charge is 0.323 e. The van der Waals surface area contributed by atoms with E-state index >= 15 is 0 Å². The van der Waals surface area contributed by atoms with Gasteiger partial charge >= 0.3 is 5.97 Å². The Morgan fingerprint density at radius 3 is 2.59 bits per heavy atom. The number of hydrogen-bond donors (Lipinski definition) is 1. The van der Waals surface area contributed by atoms with Gasteiger partial charge in [-0.3, -0.25) is 14.4 Å². The Morgan fingerprint density at radius 2 is 1.93 bits per heavy atom. The first-order valence-corrected chi connectivity index (χ1v) is 9.12. The summed E-state index contributed by atoms with van der Waals surface area (Å²) in [6, 6.07) is 7.04. The summed E-state index contributed by atoms with van der Waals surface area (Å²) >= 11 is 0. The Hall–Kier alpha value is -2.67. The molecule has 1 aromatic carbocycles.